The molecule has 0 bridgehead atoms. The maximum Gasteiger partial charge on any atom is 0.190 e. The Kier molecular flexibility index (Phi) is 3.67. The molecule has 0 aromatic heterocycles. The van der Waals surface area contributed by atoms with Gasteiger partial charge in [-0.1, -0.05) is 30.3 Å². The molecule has 0 unspecified atom stereocenters. The van der Waals surface area contributed by atoms with E-state index in [1.807, 2.05) is 7.05 Å². The highest BCUT2D eigenvalue weighted by molar-refractivity contribution is 5.79. The van der Waals surface area contributed by atoms with Crippen LogP contribution in [0.5, 0.6) is 0 Å². The summed E-state index contributed by atoms with van der Waals surface area (Å²) >= 11 is 0. The van der Waals surface area contributed by atoms with Crippen molar-refractivity contribution in [1.29, 1.82) is 0 Å². The molecule has 2 N–H and O–H groups in total. The van der Waals surface area contributed by atoms with Crippen LogP contribution in [0.4, 0.5) is 0 Å². The summed E-state index contributed by atoms with van der Waals surface area (Å²) in [4.78, 5) is 4.14. The van der Waals surface area contributed by atoms with Gasteiger partial charge in [0, 0.05) is 20.6 Å². The quantitative estimate of drug-likeness (QED) is 0.612. The third-order valence-corrected chi connectivity index (χ3v) is 3.47. The number of hydrogen-bond acceptors (Lipinski definition) is 1. The summed E-state index contributed by atoms with van der Waals surface area (Å²) in [6.07, 6.45) is 3.80. The molecule has 0 spiro atoms. The van der Waals surface area contributed by atoms with Gasteiger partial charge in [-0.25, -0.2) is 0 Å². The monoisotopic (exact) mass is 231 g/mol. The van der Waals surface area contributed by atoms with Crippen LogP contribution < -0.4 is 10.6 Å². The van der Waals surface area contributed by atoms with Crippen molar-refractivity contribution in [3.63, 3.8) is 0 Å². The second-order valence-corrected chi connectivity index (χ2v) is 4.84. The minimum atomic E-state index is 0.453. The molecule has 1 aliphatic rings. The molecule has 0 aliphatic heterocycles. The van der Waals surface area contributed by atoms with E-state index in [0.29, 0.717) is 5.41 Å². The average Bonchev–Trinajstić information content (AvgIpc) is 3.12. The lowest BCUT2D eigenvalue weighted by molar-refractivity contribution is 0.493. The maximum absolute atomic E-state index is 4.14. The summed E-state index contributed by atoms with van der Waals surface area (Å²) in [6.45, 7) is 1.01. The van der Waals surface area contributed by atoms with Crippen molar-refractivity contribution in [2.45, 2.75) is 19.3 Å². The van der Waals surface area contributed by atoms with Crippen molar-refractivity contribution in [2.75, 3.05) is 20.6 Å². The van der Waals surface area contributed by atoms with Gasteiger partial charge in [-0.15, -0.1) is 0 Å². The van der Waals surface area contributed by atoms with Gasteiger partial charge in [0.1, 0.15) is 0 Å². The van der Waals surface area contributed by atoms with E-state index in [1.54, 1.807) is 7.05 Å². The first-order chi connectivity index (χ1) is 8.28. The van der Waals surface area contributed by atoms with Crippen molar-refractivity contribution in [3.8, 4) is 0 Å². The van der Waals surface area contributed by atoms with Crippen molar-refractivity contribution < 1.29 is 0 Å². The fourth-order valence-electron chi connectivity index (χ4n) is 2.17. The molecule has 0 saturated heterocycles. The first-order valence-electron chi connectivity index (χ1n) is 6.20. The standard InChI is InChI=1S/C14H21N3/c1-15-13(16-2)17-11-14(8-9-14)10-12-6-4-3-5-7-12/h3-7H,8-11H2,1-2H3,(H2,15,16,17). The summed E-state index contributed by atoms with van der Waals surface area (Å²) in [5, 5.41) is 6.44. The topological polar surface area (TPSA) is 36.4 Å². The average molecular weight is 231 g/mol. The van der Waals surface area contributed by atoms with Gasteiger partial charge in [0.25, 0.3) is 0 Å². The van der Waals surface area contributed by atoms with E-state index >= 15 is 0 Å². The summed E-state index contributed by atoms with van der Waals surface area (Å²) in [7, 11) is 3.70. The lowest BCUT2D eigenvalue weighted by Crippen LogP contribution is -2.38. The molecular weight excluding hydrogens is 210 g/mol. The van der Waals surface area contributed by atoms with E-state index in [0.717, 1.165) is 12.5 Å². The predicted octanol–water partition coefficient (Wildman–Crippen LogP) is 1.80. The van der Waals surface area contributed by atoms with Gasteiger partial charge in [-0.2, -0.15) is 0 Å². The minimum absolute atomic E-state index is 0.453. The zero-order chi connectivity index (χ0) is 12.1. The smallest absolute Gasteiger partial charge is 0.190 e. The molecule has 0 amide bonds. The number of benzene rings is 1. The van der Waals surface area contributed by atoms with Gasteiger partial charge in [0.15, 0.2) is 5.96 Å². The predicted molar refractivity (Wildman–Crippen MR) is 72.2 cm³/mol. The lowest BCUT2D eigenvalue weighted by atomic mass is 9.96. The lowest BCUT2D eigenvalue weighted by Gasteiger charge is -2.17. The number of nitrogens with one attached hydrogen (secondary N) is 2. The summed E-state index contributed by atoms with van der Waals surface area (Å²) in [5.74, 6) is 0.879. The van der Waals surface area contributed by atoms with Crippen LogP contribution in [-0.2, 0) is 6.42 Å². The van der Waals surface area contributed by atoms with E-state index in [9.17, 15) is 0 Å². The van der Waals surface area contributed by atoms with E-state index in [4.69, 9.17) is 0 Å². The highest BCUT2D eigenvalue weighted by Gasteiger charge is 2.42. The first kappa shape index (κ1) is 12.0. The Morgan fingerprint density at radius 3 is 2.53 bits per heavy atom. The van der Waals surface area contributed by atoms with Crippen LogP contribution in [0, 0.1) is 5.41 Å². The normalized spacial score (nSPS) is 17.6. The molecule has 3 heteroatoms. The Morgan fingerprint density at radius 2 is 2.00 bits per heavy atom. The molecule has 2 rings (SSSR count). The van der Waals surface area contributed by atoms with Gasteiger partial charge in [0.05, 0.1) is 0 Å². The van der Waals surface area contributed by atoms with Gasteiger partial charge in [0.2, 0.25) is 0 Å². The highest BCUT2D eigenvalue weighted by Crippen LogP contribution is 2.47. The zero-order valence-corrected chi connectivity index (χ0v) is 10.7. The Morgan fingerprint density at radius 1 is 1.29 bits per heavy atom. The second kappa shape index (κ2) is 5.21. The number of aliphatic imine (C=N–C) groups is 1. The second-order valence-electron chi connectivity index (χ2n) is 4.84. The molecule has 1 aliphatic carbocycles. The third kappa shape index (κ3) is 3.22. The number of guanidine groups is 1. The van der Waals surface area contributed by atoms with Gasteiger partial charge in [-0.3, -0.25) is 4.99 Å². The van der Waals surface area contributed by atoms with Crippen LogP contribution in [0.1, 0.15) is 18.4 Å². The Balaban J connectivity index is 1.88. The molecule has 0 atom stereocenters. The Bertz CT molecular complexity index is 380. The maximum atomic E-state index is 4.14. The Labute approximate surface area is 103 Å². The highest BCUT2D eigenvalue weighted by atomic mass is 15.2. The summed E-state index contributed by atoms with van der Waals surface area (Å²) in [6, 6.07) is 10.7. The molecular formula is C14H21N3. The SMILES string of the molecule is CN=C(NC)NCC1(Cc2ccccc2)CC1. The third-order valence-electron chi connectivity index (χ3n) is 3.47. The zero-order valence-electron chi connectivity index (χ0n) is 10.7. The molecule has 0 radical (unpaired) electrons. The fraction of sp³-hybridized carbons (Fsp3) is 0.500. The molecule has 1 fully saturated rings. The molecule has 0 heterocycles. The largest absolute Gasteiger partial charge is 0.359 e. The van der Waals surface area contributed by atoms with Gasteiger partial charge < -0.3 is 10.6 Å². The van der Waals surface area contributed by atoms with E-state index in [1.165, 1.54) is 24.8 Å². The van der Waals surface area contributed by atoms with Crippen LogP contribution >= 0.6 is 0 Å². The Hall–Kier alpha value is -1.51. The summed E-state index contributed by atoms with van der Waals surface area (Å²) < 4.78 is 0. The van der Waals surface area contributed by atoms with Gasteiger partial charge in [-0.05, 0) is 30.2 Å². The summed E-state index contributed by atoms with van der Waals surface area (Å²) in [5.41, 5.74) is 1.89. The molecule has 92 valence electrons. The number of hydrogen-bond donors (Lipinski definition) is 2. The minimum Gasteiger partial charge on any atom is -0.359 e. The number of rotatable bonds is 4. The fourth-order valence-corrected chi connectivity index (χ4v) is 2.17. The number of nitrogens with zero attached hydrogens (tertiary/aromatic N) is 1. The van der Waals surface area contributed by atoms with E-state index < -0.39 is 0 Å². The molecule has 1 saturated carbocycles. The van der Waals surface area contributed by atoms with Crippen molar-refractivity contribution in [1.82, 2.24) is 10.6 Å². The molecule has 1 aromatic rings. The van der Waals surface area contributed by atoms with Crippen molar-refractivity contribution in [2.24, 2.45) is 10.4 Å². The van der Waals surface area contributed by atoms with Crippen LogP contribution in [0.15, 0.2) is 35.3 Å². The van der Waals surface area contributed by atoms with Crippen LogP contribution in [0.25, 0.3) is 0 Å². The van der Waals surface area contributed by atoms with Gasteiger partial charge >= 0.3 is 0 Å². The molecule has 17 heavy (non-hydrogen) atoms. The van der Waals surface area contributed by atoms with E-state index in [-0.39, 0.29) is 0 Å². The molecule has 1 aromatic carbocycles. The first-order valence-corrected chi connectivity index (χ1v) is 6.20. The van der Waals surface area contributed by atoms with Crippen LogP contribution in [-0.4, -0.2) is 26.6 Å². The van der Waals surface area contributed by atoms with Crippen LogP contribution in [0.3, 0.4) is 0 Å². The van der Waals surface area contributed by atoms with Crippen molar-refractivity contribution >= 4 is 5.96 Å². The van der Waals surface area contributed by atoms with E-state index in [2.05, 4.69) is 46.0 Å². The van der Waals surface area contributed by atoms with Crippen molar-refractivity contribution in [3.05, 3.63) is 35.9 Å². The van der Waals surface area contributed by atoms with Crippen LogP contribution in [0.2, 0.25) is 0 Å². The molecule has 3 nitrogen and oxygen atoms in total.